The lowest BCUT2D eigenvalue weighted by molar-refractivity contribution is -0.142. The van der Waals surface area contributed by atoms with Crippen molar-refractivity contribution in [3.63, 3.8) is 0 Å². The highest BCUT2D eigenvalue weighted by atomic mass is 16.5. The minimum Gasteiger partial charge on any atom is -0.425 e. The first-order valence-corrected chi connectivity index (χ1v) is 4.52. The van der Waals surface area contributed by atoms with Gasteiger partial charge in [-0.25, -0.2) is 4.79 Å². The van der Waals surface area contributed by atoms with Crippen molar-refractivity contribution in [3.05, 3.63) is 36.1 Å². The van der Waals surface area contributed by atoms with E-state index >= 15 is 0 Å². The number of aliphatic hydroxyl groups is 1. The molecule has 1 rings (SSSR count). The van der Waals surface area contributed by atoms with E-state index in [4.69, 9.17) is 9.84 Å². The Balaban J connectivity index is 2.83. The molecule has 0 bridgehead atoms. The van der Waals surface area contributed by atoms with Crippen molar-refractivity contribution in [2.24, 2.45) is 0 Å². The van der Waals surface area contributed by atoms with Crippen molar-refractivity contribution in [2.75, 3.05) is 6.61 Å². The summed E-state index contributed by atoms with van der Waals surface area (Å²) in [6.45, 7) is 2.88. The second-order valence-electron chi connectivity index (χ2n) is 3.07. The first kappa shape index (κ1) is 11.4. The van der Waals surface area contributed by atoms with Crippen LogP contribution >= 0.6 is 0 Å². The Morgan fingerprint density at radius 3 is 2.93 bits per heavy atom. The van der Waals surface area contributed by atoms with Gasteiger partial charge in [0.15, 0.2) is 5.78 Å². The van der Waals surface area contributed by atoms with Gasteiger partial charge in [0.25, 0.3) is 0 Å². The molecular formula is C11H12O4. The van der Waals surface area contributed by atoms with Gasteiger partial charge in [0.1, 0.15) is 12.4 Å². The molecule has 0 aliphatic heterocycles. The molecule has 0 aromatic rings. The largest absolute Gasteiger partial charge is 0.425 e. The molecule has 1 aliphatic carbocycles. The fourth-order valence-electron chi connectivity index (χ4n) is 1.25. The molecule has 80 valence electrons. The van der Waals surface area contributed by atoms with Crippen molar-refractivity contribution in [2.45, 2.75) is 12.8 Å². The summed E-state index contributed by atoms with van der Waals surface area (Å²) in [4.78, 5) is 22.0. The van der Waals surface area contributed by atoms with Crippen LogP contribution in [0, 0.1) is 0 Å². The van der Waals surface area contributed by atoms with E-state index in [9.17, 15) is 9.59 Å². The van der Waals surface area contributed by atoms with Crippen LogP contribution in [-0.2, 0) is 14.3 Å². The van der Waals surface area contributed by atoms with Gasteiger partial charge in [-0.2, -0.15) is 0 Å². The van der Waals surface area contributed by atoms with Crippen molar-refractivity contribution in [3.8, 4) is 0 Å². The summed E-state index contributed by atoms with van der Waals surface area (Å²) in [5.74, 6) is -0.422. The molecule has 0 saturated heterocycles. The van der Waals surface area contributed by atoms with Crippen molar-refractivity contribution in [1.82, 2.24) is 0 Å². The topological polar surface area (TPSA) is 63.6 Å². The lowest BCUT2D eigenvalue weighted by atomic mass is 9.99. The normalized spacial score (nSPS) is 15.4. The molecule has 4 nitrogen and oxygen atoms in total. The standard InChI is InChI=1S/C11H12O4/c1-2-3-8-6-9(13)4-5-10(8)15-11(14)7-12/h2,4-5,12H,1,3,6-7H2. The summed E-state index contributed by atoms with van der Waals surface area (Å²) in [5, 5.41) is 8.53. The van der Waals surface area contributed by atoms with Crippen LogP contribution in [-0.4, -0.2) is 23.5 Å². The second kappa shape index (κ2) is 5.26. The van der Waals surface area contributed by atoms with Crippen LogP contribution in [0.2, 0.25) is 0 Å². The van der Waals surface area contributed by atoms with Crippen LogP contribution in [0.5, 0.6) is 0 Å². The van der Waals surface area contributed by atoms with E-state index in [-0.39, 0.29) is 12.2 Å². The molecule has 4 heteroatoms. The molecule has 0 heterocycles. The zero-order chi connectivity index (χ0) is 11.3. The fraction of sp³-hybridized carbons (Fsp3) is 0.273. The van der Waals surface area contributed by atoms with Gasteiger partial charge >= 0.3 is 5.97 Å². The zero-order valence-corrected chi connectivity index (χ0v) is 8.23. The number of hydrogen-bond donors (Lipinski definition) is 1. The Hall–Kier alpha value is -1.68. The highest BCUT2D eigenvalue weighted by Crippen LogP contribution is 2.21. The first-order valence-electron chi connectivity index (χ1n) is 4.52. The van der Waals surface area contributed by atoms with Crippen LogP contribution in [0.3, 0.4) is 0 Å². The van der Waals surface area contributed by atoms with Gasteiger partial charge in [-0.15, -0.1) is 6.58 Å². The molecule has 0 radical (unpaired) electrons. The quantitative estimate of drug-likeness (QED) is 0.550. The van der Waals surface area contributed by atoms with E-state index in [2.05, 4.69) is 6.58 Å². The van der Waals surface area contributed by atoms with Gasteiger partial charge in [0.05, 0.1) is 0 Å². The molecule has 1 aliphatic rings. The first-order chi connectivity index (χ1) is 7.17. The molecule has 0 aromatic carbocycles. The smallest absolute Gasteiger partial charge is 0.337 e. The second-order valence-corrected chi connectivity index (χ2v) is 3.07. The van der Waals surface area contributed by atoms with Crippen LogP contribution in [0.1, 0.15) is 12.8 Å². The number of carbonyl (C=O) groups excluding carboxylic acids is 2. The maximum atomic E-state index is 11.1. The van der Waals surface area contributed by atoms with Gasteiger partial charge in [-0.05, 0) is 24.1 Å². The van der Waals surface area contributed by atoms with E-state index in [1.807, 2.05) is 0 Å². The van der Waals surface area contributed by atoms with Crippen LogP contribution in [0.25, 0.3) is 0 Å². The van der Waals surface area contributed by atoms with Gasteiger partial charge in [0, 0.05) is 6.42 Å². The Labute approximate surface area is 87.5 Å². The lowest BCUT2D eigenvalue weighted by Gasteiger charge is -2.13. The molecular weight excluding hydrogens is 196 g/mol. The van der Waals surface area contributed by atoms with E-state index in [1.54, 1.807) is 6.08 Å². The maximum Gasteiger partial charge on any atom is 0.337 e. The van der Waals surface area contributed by atoms with Gasteiger partial charge in [-0.3, -0.25) is 4.79 Å². The number of esters is 1. The zero-order valence-electron chi connectivity index (χ0n) is 8.23. The average Bonchev–Trinajstić information content (AvgIpc) is 2.22. The summed E-state index contributed by atoms with van der Waals surface area (Å²) in [6, 6.07) is 0. The average molecular weight is 208 g/mol. The SMILES string of the molecule is C=CCC1=C(OC(=O)CO)C=CC(=O)C1. The number of carbonyl (C=O) groups is 2. The van der Waals surface area contributed by atoms with Gasteiger partial charge in [-0.1, -0.05) is 6.08 Å². The predicted molar refractivity (Wildman–Crippen MR) is 53.8 cm³/mol. The number of ketones is 1. The molecule has 1 N–H and O–H groups in total. The minimum absolute atomic E-state index is 0.0318. The molecule has 0 unspecified atom stereocenters. The highest BCUT2D eigenvalue weighted by Gasteiger charge is 2.15. The lowest BCUT2D eigenvalue weighted by Crippen LogP contribution is -2.12. The van der Waals surface area contributed by atoms with Gasteiger partial charge in [0.2, 0.25) is 0 Å². The molecule has 0 fully saturated rings. The number of aliphatic hydroxyl groups excluding tert-OH is 1. The van der Waals surface area contributed by atoms with Crippen LogP contribution < -0.4 is 0 Å². The Morgan fingerprint density at radius 1 is 1.60 bits per heavy atom. The monoisotopic (exact) mass is 208 g/mol. The third-order valence-electron chi connectivity index (χ3n) is 1.90. The molecule has 0 amide bonds. The molecule has 0 aromatic heterocycles. The summed E-state index contributed by atoms with van der Waals surface area (Å²) < 4.78 is 4.86. The number of rotatable bonds is 4. The summed E-state index contributed by atoms with van der Waals surface area (Å²) in [7, 11) is 0. The van der Waals surface area contributed by atoms with Crippen molar-refractivity contribution >= 4 is 11.8 Å². The third-order valence-corrected chi connectivity index (χ3v) is 1.90. The molecule has 0 spiro atoms. The Kier molecular flexibility index (Phi) is 4.00. The Morgan fingerprint density at radius 2 is 2.33 bits per heavy atom. The van der Waals surface area contributed by atoms with E-state index < -0.39 is 12.6 Å². The summed E-state index contributed by atoms with van der Waals surface area (Å²) >= 11 is 0. The predicted octanol–water partition coefficient (Wildman–Crippen LogP) is 0.881. The Bertz CT molecular complexity index is 350. The van der Waals surface area contributed by atoms with E-state index in [0.717, 1.165) is 0 Å². The third kappa shape index (κ3) is 3.18. The maximum absolute atomic E-state index is 11.1. The number of ether oxygens (including phenoxy) is 1. The van der Waals surface area contributed by atoms with Crippen molar-refractivity contribution in [1.29, 1.82) is 0 Å². The summed E-state index contributed by atoms with van der Waals surface area (Å²) in [5.41, 5.74) is 0.708. The van der Waals surface area contributed by atoms with E-state index in [1.165, 1.54) is 12.2 Å². The minimum atomic E-state index is -0.731. The molecule has 0 saturated carbocycles. The fourth-order valence-corrected chi connectivity index (χ4v) is 1.25. The number of hydrogen-bond acceptors (Lipinski definition) is 4. The van der Waals surface area contributed by atoms with Gasteiger partial charge < -0.3 is 9.84 Å². The van der Waals surface area contributed by atoms with E-state index in [0.29, 0.717) is 17.8 Å². The summed E-state index contributed by atoms with van der Waals surface area (Å²) in [6.07, 6.45) is 5.15. The molecule has 15 heavy (non-hydrogen) atoms. The van der Waals surface area contributed by atoms with Crippen LogP contribution in [0.4, 0.5) is 0 Å². The van der Waals surface area contributed by atoms with Crippen LogP contribution in [0.15, 0.2) is 36.1 Å². The molecule has 0 atom stereocenters. The van der Waals surface area contributed by atoms with Crippen molar-refractivity contribution < 1.29 is 19.4 Å². The highest BCUT2D eigenvalue weighted by molar-refractivity contribution is 5.93. The number of allylic oxidation sites excluding steroid dienone is 4.